The van der Waals surface area contributed by atoms with Crippen LogP contribution in [-0.2, 0) is 6.54 Å². The molecule has 0 saturated heterocycles. The number of hydrogen-bond donors (Lipinski definition) is 2. The Balaban J connectivity index is 2.34. The van der Waals surface area contributed by atoms with Crippen LogP contribution in [0, 0.1) is 0 Å². The molecule has 0 aliphatic rings. The van der Waals surface area contributed by atoms with E-state index >= 15 is 0 Å². The Morgan fingerprint density at radius 3 is 2.14 bits per heavy atom. The highest BCUT2D eigenvalue weighted by molar-refractivity contribution is 8.00. The summed E-state index contributed by atoms with van der Waals surface area (Å²) < 4.78 is 73.8. The number of thioether (sulfide) groups is 1. The van der Waals surface area contributed by atoms with Crippen molar-refractivity contribution < 1.29 is 31.1 Å². The second-order valence-corrected chi connectivity index (χ2v) is 5.80. The van der Waals surface area contributed by atoms with Crippen molar-refractivity contribution in [2.75, 3.05) is 5.75 Å². The van der Waals surface area contributed by atoms with Gasteiger partial charge in [0.05, 0.1) is 0 Å². The molecular weight excluding hydrogens is 354 g/mol. The number of urea groups is 1. The van der Waals surface area contributed by atoms with Crippen LogP contribution in [0.4, 0.5) is 31.1 Å². The molecule has 124 valence electrons. The van der Waals surface area contributed by atoms with Gasteiger partial charge in [-0.15, -0.1) is 0 Å². The summed E-state index contributed by atoms with van der Waals surface area (Å²) in [4.78, 5) is 11.2. The molecule has 0 atom stereocenters. The molecule has 11 heteroatoms. The minimum Gasteiger partial charge on any atom is -0.333 e. The van der Waals surface area contributed by atoms with E-state index in [0.717, 1.165) is 0 Å². The minimum atomic E-state index is -4.38. The van der Waals surface area contributed by atoms with Crippen molar-refractivity contribution in [2.45, 2.75) is 23.1 Å². The Kier molecular flexibility index (Phi) is 6.72. The maximum atomic E-state index is 12.1. The smallest absolute Gasteiger partial charge is 0.333 e. The lowest BCUT2D eigenvalue weighted by Crippen LogP contribution is -2.32. The molecule has 0 unspecified atom stereocenters. The molecule has 1 aromatic rings. The summed E-state index contributed by atoms with van der Waals surface area (Å²) in [5.41, 5.74) is -3.86. The predicted molar refractivity (Wildman–Crippen MR) is 72.2 cm³/mol. The first-order valence-electron chi connectivity index (χ1n) is 5.62. The Hall–Kier alpha value is -1.23. The molecule has 22 heavy (non-hydrogen) atoms. The molecule has 0 heterocycles. The quantitative estimate of drug-likeness (QED) is 0.465. The maximum absolute atomic E-state index is 12.1. The van der Waals surface area contributed by atoms with Gasteiger partial charge in [0.2, 0.25) is 0 Å². The summed E-state index contributed by atoms with van der Waals surface area (Å²) in [5.74, 6) is -1.22. The zero-order chi connectivity index (χ0) is 16.8. The highest BCUT2D eigenvalue weighted by Crippen LogP contribution is 2.36. The molecule has 0 radical (unpaired) electrons. The highest BCUT2D eigenvalue weighted by atomic mass is 32.2. The standard InChI is InChI=1S/C11H10F6N2OS2/c12-10(13,14)6-21-19-9(20)18-5-7-1-3-8(4-2-7)22-11(15,16)17/h1-4H,5-6H2,(H2,18,19,20). The van der Waals surface area contributed by atoms with Crippen LogP contribution in [0.15, 0.2) is 29.2 Å². The molecule has 0 aliphatic carbocycles. The van der Waals surface area contributed by atoms with Crippen molar-refractivity contribution in [1.29, 1.82) is 0 Å². The number of carbonyl (C=O) groups is 1. The van der Waals surface area contributed by atoms with Crippen LogP contribution in [0.25, 0.3) is 0 Å². The van der Waals surface area contributed by atoms with Crippen LogP contribution >= 0.6 is 23.7 Å². The lowest BCUT2D eigenvalue weighted by Gasteiger charge is -2.09. The highest BCUT2D eigenvalue weighted by Gasteiger charge is 2.29. The number of nitrogens with one attached hydrogen (secondary N) is 2. The van der Waals surface area contributed by atoms with Gasteiger partial charge in [-0.1, -0.05) is 12.1 Å². The first kappa shape index (κ1) is 18.8. The van der Waals surface area contributed by atoms with Crippen molar-refractivity contribution in [1.82, 2.24) is 10.0 Å². The van der Waals surface area contributed by atoms with Crippen LogP contribution in [-0.4, -0.2) is 23.5 Å². The maximum Gasteiger partial charge on any atom is 0.446 e. The molecule has 0 fully saturated rings. The molecule has 0 aliphatic heterocycles. The van der Waals surface area contributed by atoms with Crippen molar-refractivity contribution in [3.8, 4) is 0 Å². The Bertz CT molecular complexity index is 489. The summed E-state index contributed by atoms with van der Waals surface area (Å²) >= 11 is -0.0655. The molecule has 1 rings (SSSR count). The monoisotopic (exact) mass is 364 g/mol. The molecular formula is C11H10F6N2OS2. The summed E-state index contributed by atoms with van der Waals surface area (Å²) in [6.45, 7) is -0.0185. The van der Waals surface area contributed by atoms with Gasteiger partial charge >= 0.3 is 17.7 Å². The number of amides is 2. The number of halogens is 6. The fourth-order valence-electron chi connectivity index (χ4n) is 1.21. The summed E-state index contributed by atoms with van der Waals surface area (Å²) in [6.07, 6.45) is -4.38. The average Bonchev–Trinajstić information content (AvgIpc) is 2.34. The zero-order valence-corrected chi connectivity index (χ0v) is 12.3. The number of rotatable bonds is 5. The molecule has 3 nitrogen and oxygen atoms in total. The van der Waals surface area contributed by atoms with Crippen molar-refractivity contribution in [3.05, 3.63) is 29.8 Å². The van der Waals surface area contributed by atoms with Crippen LogP contribution in [0.3, 0.4) is 0 Å². The number of alkyl halides is 6. The first-order valence-corrected chi connectivity index (χ1v) is 7.42. The van der Waals surface area contributed by atoms with Gasteiger partial charge in [0, 0.05) is 11.4 Å². The summed E-state index contributed by atoms with van der Waals surface area (Å²) in [6, 6.07) is 4.44. The van der Waals surface area contributed by atoms with Gasteiger partial charge in [-0.25, -0.2) is 4.79 Å². The van der Waals surface area contributed by atoms with Gasteiger partial charge in [-0.2, -0.15) is 26.3 Å². The van der Waals surface area contributed by atoms with E-state index in [9.17, 15) is 31.1 Å². The SMILES string of the molecule is O=C(NCc1ccc(SC(F)(F)F)cc1)NSCC(F)(F)F. The lowest BCUT2D eigenvalue weighted by molar-refractivity contribution is -0.105. The Morgan fingerprint density at radius 2 is 1.64 bits per heavy atom. The third-order valence-corrected chi connectivity index (χ3v) is 3.55. The molecule has 0 spiro atoms. The van der Waals surface area contributed by atoms with Crippen LogP contribution < -0.4 is 10.0 Å². The van der Waals surface area contributed by atoms with Crippen LogP contribution in [0.1, 0.15) is 5.56 Å². The van der Waals surface area contributed by atoms with E-state index in [-0.39, 0.29) is 35.2 Å². The number of hydrogen-bond acceptors (Lipinski definition) is 3. The third kappa shape index (κ3) is 8.93. The fraction of sp³-hybridized carbons (Fsp3) is 0.364. The molecule has 0 aromatic heterocycles. The van der Waals surface area contributed by atoms with E-state index in [0.29, 0.717) is 5.56 Å². The summed E-state index contributed by atoms with van der Waals surface area (Å²) in [5, 5.41) is 2.29. The molecule has 2 amide bonds. The van der Waals surface area contributed by atoms with E-state index in [1.165, 1.54) is 24.3 Å². The van der Waals surface area contributed by atoms with Crippen LogP contribution in [0.2, 0.25) is 0 Å². The first-order chi connectivity index (χ1) is 10.1. The second-order valence-electron chi connectivity index (χ2n) is 3.88. The topological polar surface area (TPSA) is 41.1 Å². The van der Waals surface area contributed by atoms with Crippen LogP contribution in [0.5, 0.6) is 0 Å². The van der Waals surface area contributed by atoms with E-state index in [1.807, 2.05) is 4.72 Å². The lowest BCUT2D eigenvalue weighted by atomic mass is 10.2. The zero-order valence-electron chi connectivity index (χ0n) is 10.7. The van der Waals surface area contributed by atoms with E-state index in [1.54, 1.807) is 0 Å². The van der Waals surface area contributed by atoms with Gasteiger partial charge < -0.3 is 5.32 Å². The fourth-order valence-corrected chi connectivity index (χ4v) is 2.19. The minimum absolute atomic E-state index is 0.00133. The molecule has 1 aromatic carbocycles. The van der Waals surface area contributed by atoms with E-state index < -0.39 is 23.5 Å². The molecule has 2 N–H and O–H groups in total. The van der Waals surface area contributed by atoms with E-state index in [2.05, 4.69) is 5.32 Å². The van der Waals surface area contributed by atoms with Crippen molar-refractivity contribution >= 4 is 29.7 Å². The molecule has 0 bridgehead atoms. The van der Waals surface area contributed by atoms with Gasteiger partial charge in [0.15, 0.2) is 0 Å². The van der Waals surface area contributed by atoms with Gasteiger partial charge in [-0.3, -0.25) is 4.72 Å². The Morgan fingerprint density at radius 1 is 1.05 bits per heavy atom. The number of benzene rings is 1. The van der Waals surface area contributed by atoms with E-state index in [4.69, 9.17) is 0 Å². The Labute approximate surface area is 130 Å². The predicted octanol–water partition coefficient (Wildman–Crippen LogP) is 4.31. The third-order valence-electron chi connectivity index (χ3n) is 2.01. The van der Waals surface area contributed by atoms with Gasteiger partial charge in [-0.05, 0) is 41.4 Å². The van der Waals surface area contributed by atoms with Gasteiger partial charge in [0.1, 0.15) is 5.75 Å². The average molecular weight is 364 g/mol. The molecule has 0 saturated carbocycles. The summed E-state index contributed by atoms with van der Waals surface area (Å²) in [7, 11) is 0. The van der Waals surface area contributed by atoms with Gasteiger partial charge in [0.25, 0.3) is 0 Å². The van der Waals surface area contributed by atoms with Crippen molar-refractivity contribution in [3.63, 3.8) is 0 Å². The normalized spacial score (nSPS) is 12.1. The largest absolute Gasteiger partial charge is 0.446 e. The second kappa shape index (κ2) is 7.86. The number of carbonyl (C=O) groups excluding carboxylic acids is 1. The van der Waals surface area contributed by atoms with Crippen molar-refractivity contribution in [2.24, 2.45) is 0 Å².